The molecule has 2 heterocycles. The van der Waals surface area contributed by atoms with Crippen LogP contribution in [0.5, 0.6) is 0 Å². The zero-order valence-electron chi connectivity index (χ0n) is 9.11. The summed E-state index contributed by atoms with van der Waals surface area (Å²) in [6.07, 6.45) is 3.19. The lowest BCUT2D eigenvalue weighted by Gasteiger charge is -1.99. The van der Waals surface area contributed by atoms with Crippen LogP contribution in [0.1, 0.15) is 0 Å². The monoisotopic (exact) mass is 306 g/mol. The molecule has 0 aliphatic carbocycles. The van der Waals surface area contributed by atoms with E-state index in [0.29, 0.717) is 27.0 Å². The van der Waals surface area contributed by atoms with Gasteiger partial charge in [-0.1, -0.05) is 0 Å². The van der Waals surface area contributed by atoms with E-state index in [2.05, 4.69) is 30.9 Å². The van der Waals surface area contributed by atoms with Crippen molar-refractivity contribution in [2.75, 3.05) is 5.73 Å². The summed E-state index contributed by atoms with van der Waals surface area (Å²) < 4.78 is 13.8. The van der Waals surface area contributed by atoms with Gasteiger partial charge in [-0.3, -0.25) is 4.98 Å². The van der Waals surface area contributed by atoms with E-state index in [-0.39, 0.29) is 5.82 Å². The maximum atomic E-state index is 13.4. The predicted octanol–water partition coefficient (Wildman–Crippen LogP) is 3.11. The second-order valence-corrected chi connectivity index (χ2v) is 4.69. The topological polar surface area (TPSA) is 67.6 Å². The summed E-state index contributed by atoms with van der Waals surface area (Å²) in [5.74, 6) is 0.266. The number of anilines is 1. The number of nitrogens with two attached hydrogens (primary N) is 1. The van der Waals surface area contributed by atoms with Gasteiger partial charge in [-0.05, 0) is 28.1 Å². The van der Waals surface area contributed by atoms with E-state index in [0.717, 1.165) is 5.56 Å². The normalized spacial score (nSPS) is 11.0. The number of imidazole rings is 1. The highest BCUT2D eigenvalue weighted by Crippen LogP contribution is 2.27. The molecule has 2 aromatic heterocycles. The lowest BCUT2D eigenvalue weighted by atomic mass is 10.2. The summed E-state index contributed by atoms with van der Waals surface area (Å²) >= 11 is 3.13. The van der Waals surface area contributed by atoms with Gasteiger partial charge in [0.1, 0.15) is 11.6 Å². The van der Waals surface area contributed by atoms with Crippen LogP contribution in [0.2, 0.25) is 0 Å². The lowest BCUT2D eigenvalue weighted by molar-refractivity contribution is 0.623. The third kappa shape index (κ3) is 1.74. The zero-order valence-corrected chi connectivity index (χ0v) is 10.7. The van der Waals surface area contributed by atoms with Crippen LogP contribution in [0.3, 0.4) is 0 Å². The van der Waals surface area contributed by atoms with E-state index in [1.54, 1.807) is 24.5 Å². The highest BCUT2D eigenvalue weighted by atomic mass is 79.9. The van der Waals surface area contributed by atoms with Crippen molar-refractivity contribution in [3.63, 3.8) is 0 Å². The van der Waals surface area contributed by atoms with Gasteiger partial charge in [-0.15, -0.1) is 0 Å². The average Bonchev–Trinajstić information content (AvgIpc) is 2.73. The van der Waals surface area contributed by atoms with E-state index < -0.39 is 0 Å². The molecule has 0 saturated carbocycles. The first-order chi connectivity index (χ1) is 8.65. The summed E-state index contributed by atoms with van der Waals surface area (Å²) in [4.78, 5) is 11.3. The lowest BCUT2D eigenvalue weighted by Crippen LogP contribution is -1.91. The van der Waals surface area contributed by atoms with Gasteiger partial charge in [0, 0.05) is 17.8 Å². The van der Waals surface area contributed by atoms with Crippen molar-refractivity contribution in [1.29, 1.82) is 0 Å². The minimum Gasteiger partial charge on any atom is -0.397 e. The Morgan fingerprint density at radius 3 is 2.94 bits per heavy atom. The third-order valence-electron chi connectivity index (χ3n) is 2.63. The first kappa shape index (κ1) is 11.2. The highest BCUT2D eigenvalue weighted by molar-refractivity contribution is 9.10. The van der Waals surface area contributed by atoms with Gasteiger partial charge < -0.3 is 10.7 Å². The predicted molar refractivity (Wildman–Crippen MR) is 71.4 cm³/mol. The molecule has 1 aromatic carbocycles. The summed E-state index contributed by atoms with van der Waals surface area (Å²) in [6.45, 7) is 0. The van der Waals surface area contributed by atoms with Gasteiger partial charge in [0.05, 0.1) is 27.4 Å². The molecular weight excluding hydrogens is 299 g/mol. The van der Waals surface area contributed by atoms with Crippen LogP contribution < -0.4 is 5.73 Å². The summed E-state index contributed by atoms with van der Waals surface area (Å²) in [7, 11) is 0. The number of hydrogen-bond acceptors (Lipinski definition) is 3. The number of aromatic amines is 1. The number of pyridine rings is 1. The van der Waals surface area contributed by atoms with E-state index in [1.165, 1.54) is 6.07 Å². The molecule has 0 radical (unpaired) electrons. The average molecular weight is 307 g/mol. The molecule has 0 unspecified atom stereocenters. The fourth-order valence-corrected chi connectivity index (χ4v) is 2.09. The number of nitrogens with zero attached hydrogens (tertiary/aromatic N) is 2. The van der Waals surface area contributed by atoms with E-state index >= 15 is 0 Å². The number of halogens is 2. The number of nitrogen functional groups attached to an aromatic ring is 1. The smallest absolute Gasteiger partial charge is 0.140 e. The molecule has 0 bridgehead atoms. The number of H-pyrrole nitrogens is 1. The van der Waals surface area contributed by atoms with Crippen molar-refractivity contribution in [3.05, 3.63) is 40.9 Å². The molecular formula is C12H8BrFN4. The molecule has 0 fully saturated rings. The molecule has 6 heteroatoms. The van der Waals surface area contributed by atoms with Crippen LogP contribution in [-0.4, -0.2) is 15.0 Å². The second kappa shape index (κ2) is 4.06. The molecule has 4 nitrogen and oxygen atoms in total. The Labute approximate surface area is 110 Å². The SMILES string of the molecule is Nc1cnccc1-c1nc2cc(Br)c(F)cc2[nH]1. The first-order valence-corrected chi connectivity index (χ1v) is 5.99. The minimum absolute atomic E-state index is 0.333. The van der Waals surface area contributed by atoms with Crippen molar-refractivity contribution < 1.29 is 4.39 Å². The summed E-state index contributed by atoms with van der Waals surface area (Å²) in [5, 5.41) is 0. The molecule has 3 aromatic rings. The first-order valence-electron chi connectivity index (χ1n) is 5.20. The zero-order chi connectivity index (χ0) is 12.7. The van der Waals surface area contributed by atoms with Crippen LogP contribution in [0.4, 0.5) is 10.1 Å². The maximum absolute atomic E-state index is 13.4. The maximum Gasteiger partial charge on any atom is 0.140 e. The number of benzene rings is 1. The largest absolute Gasteiger partial charge is 0.397 e. The number of nitrogens with one attached hydrogen (secondary N) is 1. The number of aromatic nitrogens is 3. The van der Waals surface area contributed by atoms with Crippen LogP contribution in [0.15, 0.2) is 35.1 Å². The van der Waals surface area contributed by atoms with Gasteiger partial charge in [0.25, 0.3) is 0 Å². The van der Waals surface area contributed by atoms with Crippen molar-refractivity contribution >= 4 is 32.7 Å². The minimum atomic E-state index is -0.333. The Balaban J connectivity index is 2.23. The molecule has 90 valence electrons. The standard InChI is InChI=1S/C12H8BrFN4/c13-7-3-10-11(4-8(7)14)18-12(17-10)6-1-2-16-5-9(6)15/h1-5H,15H2,(H,17,18). The van der Waals surface area contributed by atoms with E-state index in [9.17, 15) is 4.39 Å². The Kier molecular flexibility index (Phi) is 2.52. The van der Waals surface area contributed by atoms with E-state index in [4.69, 9.17) is 5.73 Å². The molecule has 3 rings (SSSR count). The van der Waals surface area contributed by atoms with Gasteiger partial charge >= 0.3 is 0 Å². The number of hydrogen-bond donors (Lipinski definition) is 2. The second-order valence-electron chi connectivity index (χ2n) is 3.83. The van der Waals surface area contributed by atoms with Gasteiger partial charge in [-0.2, -0.15) is 0 Å². The Bertz CT molecular complexity index is 699. The van der Waals surface area contributed by atoms with Crippen molar-refractivity contribution in [3.8, 4) is 11.4 Å². The van der Waals surface area contributed by atoms with Crippen molar-refractivity contribution in [1.82, 2.24) is 15.0 Å². The Morgan fingerprint density at radius 2 is 2.17 bits per heavy atom. The van der Waals surface area contributed by atoms with Crippen molar-refractivity contribution in [2.24, 2.45) is 0 Å². The van der Waals surface area contributed by atoms with Crippen LogP contribution in [0.25, 0.3) is 22.4 Å². The van der Waals surface area contributed by atoms with Crippen molar-refractivity contribution in [2.45, 2.75) is 0 Å². The molecule has 0 amide bonds. The fourth-order valence-electron chi connectivity index (χ4n) is 1.75. The van der Waals surface area contributed by atoms with E-state index in [1.807, 2.05) is 0 Å². The molecule has 0 aliphatic rings. The van der Waals surface area contributed by atoms with Crippen LogP contribution in [0, 0.1) is 5.82 Å². The highest BCUT2D eigenvalue weighted by Gasteiger charge is 2.10. The summed E-state index contributed by atoms with van der Waals surface area (Å²) in [6, 6.07) is 4.79. The Hall–Kier alpha value is -1.95. The van der Waals surface area contributed by atoms with Crippen LogP contribution in [-0.2, 0) is 0 Å². The molecule has 0 spiro atoms. The van der Waals surface area contributed by atoms with Crippen LogP contribution >= 0.6 is 15.9 Å². The number of fused-ring (bicyclic) bond motifs is 1. The number of rotatable bonds is 1. The molecule has 0 atom stereocenters. The molecule has 0 saturated heterocycles. The molecule has 0 aliphatic heterocycles. The molecule has 3 N–H and O–H groups in total. The van der Waals surface area contributed by atoms with Gasteiger partial charge in [0.15, 0.2) is 0 Å². The quantitative estimate of drug-likeness (QED) is 0.726. The third-order valence-corrected chi connectivity index (χ3v) is 3.24. The Morgan fingerprint density at radius 1 is 1.33 bits per heavy atom. The van der Waals surface area contributed by atoms with Gasteiger partial charge in [0.2, 0.25) is 0 Å². The fraction of sp³-hybridized carbons (Fsp3) is 0. The molecule has 18 heavy (non-hydrogen) atoms. The van der Waals surface area contributed by atoms with Gasteiger partial charge in [-0.25, -0.2) is 9.37 Å². The summed E-state index contributed by atoms with van der Waals surface area (Å²) in [5.41, 5.74) is 8.40.